The molecular weight excluding hydrogens is 290 g/mol. The first kappa shape index (κ1) is 15.1. The summed E-state index contributed by atoms with van der Waals surface area (Å²) in [6.07, 6.45) is 0. The fraction of sp³-hybridized carbons (Fsp3) is 0.133. The molecule has 0 aromatic heterocycles. The van der Waals surface area contributed by atoms with E-state index in [2.05, 4.69) is 4.72 Å². The summed E-state index contributed by atoms with van der Waals surface area (Å²) in [7, 11) is -3.83. The summed E-state index contributed by atoms with van der Waals surface area (Å²) in [6.45, 7) is 3.30. The van der Waals surface area contributed by atoms with Crippen molar-refractivity contribution in [2.45, 2.75) is 18.7 Å². The van der Waals surface area contributed by atoms with E-state index in [-0.39, 0.29) is 16.1 Å². The van der Waals surface area contributed by atoms with E-state index in [1.807, 2.05) is 0 Å². The summed E-state index contributed by atoms with van der Waals surface area (Å²) in [6, 6.07) is 11.2. The molecule has 0 unspecified atom stereocenters. The average molecular weight is 305 g/mol. The third-order valence-corrected chi connectivity index (χ3v) is 4.64. The maximum Gasteiger partial charge on any atom is 0.338 e. The Morgan fingerprint density at radius 3 is 2.24 bits per heavy atom. The molecule has 0 aliphatic heterocycles. The Kier molecular flexibility index (Phi) is 3.99. The lowest BCUT2D eigenvalue weighted by molar-refractivity contribution is 0.0697. The molecule has 2 aromatic rings. The van der Waals surface area contributed by atoms with Gasteiger partial charge in [-0.05, 0) is 37.1 Å². The molecule has 2 aromatic carbocycles. The molecule has 0 heterocycles. The van der Waals surface area contributed by atoms with Crippen LogP contribution in [0.5, 0.6) is 0 Å². The van der Waals surface area contributed by atoms with E-state index < -0.39 is 16.0 Å². The zero-order valence-electron chi connectivity index (χ0n) is 11.6. The number of carboxylic acids is 1. The summed E-state index contributed by atoms with van der Waals surface area (Å²) in [4.78, 5) is 11.4. The number of aromatic carboxylic acids is 1. The van der Waals surface area contributed by atoms with Crippen LogP contribution in [0.3, 0.4) is 0 Å². The van der Waals surface area contributed by atoms with Gasteiger partial charge >= 0.3 is 5.97 Å². The molecule has 6 heteroatoms. The maximum atomic E-state index is 12.4. The van der Waals surface area contributed by atoms with E-state index >= 15 is 0 Å². The quantitative estimate of drug-likeness (QED) is 0.909. The Morgan fingerprint density at radius 2 is 1.62 bits per heavy atom. The van der Waals surface area contributed by atoms with Crippen molar-refractivity contribution < 1.29 is 18.3 Å². The second kappa shape index (κ2) is 5.57. The molecule has 0 aliphatic rings. The van der Waals surface area contributed by atoms with Gasteiger partial charge in [0.15, 0.2) is 0 Å². The van der Waals surface area contributed by atoms with Crippen LogP contribution < -0.4 is 4.72 Å². The molecule has 0 spiro atoms. The Labute approximate surface area is 123 Å². The van der Waals surface area contributed by atoms with Crippen molar-refractivity contribution in [3.05, 3.63) is 59.2 Å². The highest BCUT2D eigenvalue weighted by molar-refractivity contribution is 7.92. The van der Waals surface area contributed by atoms with Crippen molar-refractivity contribution >= 4 is 21.7 Å². The molecular formula is C15H15NO4S. The van der Waals surface area contributed by atoms with Gasteiger partial charge < -0.3 is 5.11 Å². The van der Waals surface area contributed by atoms with Gasteiger partial charge in [-0.1, -0.05) is 30.3 Å². The van der Waals surface area contributed by atoms with Crippen LogP contribution in [0.25, 0.3) is 0 Å². The summed E-state index contributed by atoms with van der Waals surface area (Å²) < 4.78 is 27.2. The number of carboxylic acid groups (broad SMARTS) is 1. The van der Waals surface area contributed by atoms with Crippen LogP contribution in [0.4, 0.5) is 5.69 Å². The minimum atomic E-state index is -3.83. The van der Waals surface area contributed by atoms with Gasteiger partial charge in [0.25, 0.3) is 10.0 Å². The van der Waals surface area contributed by atoms with Crippen molar-refractivity contribution in [2.24, 2.45) is 0 Å². The molecule has 110 valence electrons. The minimum absolute atomic E-state index is 0.0466. The molecule has 0 aliphatic carbocycles. The fourth-order valence-electron chi connectivity index (χ4n) is 2.09. The first-order valence-electron chi connectivity index (χ1n) is 6.24. The largest absolute Gasteiger partial charge is 0.478 e. The Hall–Kier alpha value is -2.34. The van der Waals surface area contributed by atoms with Gasteiger partial charge in [-0.2, -0.15) is 0 Å². The number of carbonyl (C=O) groups is 1. The van der Waals surface area contributed by atoms with E-state index in [0.717, 1.165) is 0 Å². The fourth-order valence-corrected chi connectivity index (χ4v) is 3.41. The summed E-state index contributed by atoms with van der Waals surface area (Å²) >= 11 is 0. The Balaban J connectivity index is 2.50. The van der Waals surface area contributed by atoms with Crippen LogP contribution in [-0.2, 0) is 10.0 Å². The molecule has 5 nitrogen and oxygen atoms in total. The van der Waals surface area contributed by atoms with E-state index in [1.165, 1.54) is 12.1 Å². The number of aryl methyl sites for hydroxylation is 2. The Bertz CT molecular complexity index is 797. The highest BCUT2D eigenvalue weighted by atomic mass is 32.2. The lowest BCUT2D eigenvalue weighted by Crippen LogP contribution is -2.17. The van der Waals surface area contributed by atoms with Crippen molar-refractivity contribution in [3.63, 3.8) is 0 Å². The van der Waals surface area contributed by atoms with Gasteiger partial charge in [0, 0.05) is 0 Å². The molecule has 0 atom stereocenters. The molecule has 2 rings (SSSR count). The highest BCUT2D eigenvalue weighted by Crippen LogP contribution is 2.24. The van der Waals surface area contributed by atoms with Crippen LogP contribution in [0.1, 0.15) is 21.5 Å². The predicted octanol–water partition coefficient (Wildman–Crippen LogP) is 2.80. The molecule has 21 heavy (non-hydrogen) atoms. The van der Waals surface area contributed by atoms with Crippen LogP contribution in [0, 0.1) is 13.8 Å². The second-order valence-corrected chi connectivity index (χ2v) is 6.32. The number of anilines is 1. The number of benzene rings is 2. The number of rotatable bonds is 4. The van der Waals surface area contributed by atoms with Gasteiger partial charge in [0.05, 0.1) is 16.1 Å². The topological polar surface area (TPSA) is 83.5 Å². The van der Waals surface area contributed by atoms with Gasteiger partial charge in [0.1, 0.15) is 0 Å². The predicted molar refractivity (Wildman–Crippen MR) is 80.1 cm³/mol. The Morgan fingerprint density at radius 1 is 1.00 bits per heavy atom. The monoisotopic (exact) mass is 305 g/mol. The summed E-state index contributed by atoms with van der Waals surface area (Å²) in [5.74, 6) is -1.17. The van der Waals surface area contributed by atoms with Gasteiger partial charge in [-0.25, -0.2) is 13.2 Å². The van der Waals surface area contributed by atoms with Crippen molar-refractivity contribution in [1.82, 2.24) is 0 Å². The third-order valence-electron chi connectivity index (χ3n) is 3.11. The first-order valence-corrected chi connectivity index (χ1v) is 7.72. The number of sulfonamides is 1. The van der Waals surface area contributed by atoms with E-state index in [1.54, 1.807) is 44.2 Å². The van der Waals surface area contributed by atoms with Crippen molar-refractivity contribution in [1.29, 1.82) is 0 Å². The first-order chi connectivity index (χ1) is 9.83. The minimum Gasteiger partial charge on any atom is -0.478 e. The number of hydrogen-bond acceptors (Lipinski definition) is 3. The summed E-state index contributed by atoms with van der Waals surface area (Å²) in [5, 5.41) is 9.23. The second-order valence-electron chi connectivity index (χ2n) is 4.67. The van der Waals surface area contributed by atoms with Crippen LogP contribution in [0.15, 0.2) is 47.4 Å². The van der Waals surface area contributed by atoms with Crippen LogP contribution in [-0.4, -0.2) is 19.5 Å². The smallest absolute Gasteiger partial charge is 0.338 e. The van der Waals surface area contributed by atoms with Gasteiger partial charge in [0.2, 0.25) is 0 Å². The lowest BCUT2D eigenvalue weighted by Gasteiger charge is -2.13. The lowest BCUT2D eigenvalue weighted by atomic mass is 10.1. The molecule has 0 radical (unpaired) electrons. The van der Waals surface area contributed by atoms with E-state index in [4.69, 9.17) is 0 Å². The van der Waals surface area contributed by atoms with Crippen LogP contribution in [0.2, 0.25) is 0 Å². The zero-order chi connectivity index (χ0) is 15.6. The van der Waals surface area contributed by atoms with Gasteiger partial charge in [-0.15, -0.1) is 0 Å². The zero-order valence-corrected chi connectivity index (χ0v) is 12.4. The summed E-state index contributed by atoms with van der Waals surface area (Å²) in [5.41, 5.74) is 1.10. The highest BCUT2D eigenvalue weighted by Gasteiger charge is 2.20. The number of nitrogens with one attached hydrogen (secondary N) is 1. The average Bonchev–Trinajstić information content (AvgIpc) is 2.38. The van der Waals surface area contributed by atoms with Crippen molar-refractivity contribution in [3.8, 4) is 0 Å². The number of hydrogen-bond donors (Lipinski definition) is 2. The normalized spacial score (nSPS) is 11.1. The molecule has 0 saturated carbocycles. The SMILES string of the molecule is Cc1ccccc1S(=O)(=O)Nc1cccc(C)c1C(=O)O. The van der Waals surface area contributed by atoms with Crippen LogP contribution >= 0.6 is 0 Å². The third kappa shape index (κ3) is 3.05. The maximum absolute atomic E-state index is 12.4. The molecule has 0 amide bonds. The molecule has 2 N–H and O–H groups in total. The van der Waals surface area contributed by atoms with E-state index in [0.29, 0.717) is 11.1 Å². The molecule has 0 saturated heterocycles. The molecule has 0 fully saturated rings. The molecule has 0 bridgehead atoms. The van der Waals surface area contributed by atoms with Crippen molar-refractivity contribution in [2.75, 3.05) is 4.72 Å². The van der Waals surface area contributed by atoms with E-state index in [9.17, 15) is 18.3 Å². The van der Waals surface area contributed by atoms with Gasteiger partial charge in [-0.3, -0.25) is 4.72 Å². The standard InChI is InChI=1S/C15H15NO4S/c1-10-6-3-4-9-13(10)21(19,20)16-12-8-5-7-11(2)14(12)15(17)18/h3-9,16H,1-2H3,(H,17,18).